The van der Waals surface area contributed by atoms with Crippen molar-refractivity contribution in [2.75, 3.05) is 31.5 Å². The highest BCUT2D eigenvalue weighted by Gasteiger charge is 2.20. The first-order valence-corrected chi connectivity index (χ1v) is 17.3. The summed E-state index contributed by atoms with van der Waals surface area (Å²) in [4.78, 5) is 47.0. The molecule has 2 heterocycles. The van der Waals surface area contributed by atoms with E-state index in [2.05, 4.69) is 32.5 Å². The number of anilines is 1. The number of hydrogen-bond donors (Lipinski definition) is 4. The number of nitrogens with one attached hydrogen (secondary N) is 3. The molecule has 5 N–H and O–H groups in total. The van der Waals surface area contributed by atoms with Crippen LogP contribution < -0.4 is 27.6 Å². The summed E-state index contributed by atoms with van der Waals surface area (Å²) in [5.41, 5.74) is 7.38. The number of rotatable bonds is 19. The molecule has 0 unspecified atom stereocenters. The Morgan fingerprint density at radius 3 is 2.28 bits per heavy atom. The number of aryl methyl sites for hydroxylation is 2. The van der Waals surface area contributed by atoms with Crippen LogP contribution in [0, 0.1) is 6.92 Å². The number of nitrogens with two attached hydrogens (primary N) is 1. The molecule has 0 spiro atoms. The van der Waals surface area contributed by atoms with Crippen LogP contribution in [0.15, 0.2) is 21.7 Å². The molecule has 1 aromatic rings. The molecule has 11 heteroatoms. The highest BCUT2D eigenvalue weighted by molar-refractivity contribution is 5.84. The van der Waals surface area contributed by atoms with Crippen molar-refractivity contribution in [3.05, 3.63) is 38.5 Å². The largest absolute Gasteiger partial charge is 0.460 e. The van der Waals surface area contributed by atoms with E-state index in [1.54, 1.807) is 0 Å². The number of fused-ring (bicyclic) bond motifs is 2. The van der Waals surface area contributed by atoms with Gasteiger partial charge >= 0.3 is 11.7 Å². The molecule has 258 valence electrons. The predicted octanol–water partition coefficient (Wildman–Crippen LogP) is 5.90. The van der Waals surface area contributed by atoms with Gasteiger partial charge in [0.2, 0.25) is 0 Å². The van der Waals surface area contributed by atoms with E-state index in [1.165, 1.54) is 58.0 Å². The van der Waals surface area contributed by atoms with E-state index in [-0.39, 0.29) is 17.5 Å². The van der Waals surface area contributed by atoms with Gasteiger partial charge in [0.05, 0.1) is 11.0 Å². The zero-order chi connectivity index (χ0) is 34.0. The highest BCUT2D eigenvalue weighted by atomic mass is 16.6. The Morgan fingerprint density at radius 2 is 1.61 bits per heavy atom. The van der Waals surface area contributed by atoms with Crippen molar-refractivity contribution in [3.63, 3.8) is 0 Å². The summed E-state index contributed by atoms with van der Waals surface area (Å²) in [7, 11) is 0. The zero-order valence-corrected chi connectivity index (χ0v) is 29.2. The second kappa shape index (κ2) is 20.7. The third-order valence-electron chi connectivity index (χ3n) is 7.49. The zero-order valence-electron chi connectivity index (χ0n) is 29.2. The van der Waals surface area contributed by atoms with Crippen LogP contribution in [-0.4, -0.2) is 57.3 Å². The summed E-state index contributed by atoms with van der Waals surface area (Å²) in [5, 5.41) is 6.76. The summed E-state index contributed by atoms with van der Waals surface area (Å²) in [5.74, 6) is 0.108. The van der Waals surface area contributed by atoms with Crippen LogP contribution in [0.5, 0.6) is 0 Å². The van der Waals surface area contributed by atoms with Crippen molar-refractivity contribution in [2.24, 2.45) is 5.73 Å². The van der Waals surface area contributed by atoms with Gasteiger partial charge in [0.15, 0.2) is 11.5 Å². The minimum Gasteiger partial charge on any atom is -0.460 e. The van der Waals surface area contributed by atoms with Crippen molar-refractivity contribution in [1.29, 1.82) is 0 Å². The summed E-state index contributed by atoms with van der Waals surface area (Å²) < 4.78 is 7.25. The number of carbonyl (C=O) groups is 1. The number of benzene rings is 1. The predicted molar refractivity (Wildman–Crippen MR) is 189 cm³/mol. The highest BCUT2D eigenvalue weighted by Crippen LogP contribution is 2.27. The maximum absolute atomic E-state index is 12.4. The minimum absolute atomic E-state index is 0.155. The van der Waals surface area contributed by atoms with Gasteiger partial charge in [-0.1, -0.05) is 45.4 Å². The molecule has 0 radical (unpaired) electrons. The maximum atomic E-state index is 12.4. The van der Waals surface area contributed by atoms with E-state index in [9.17, 15) is 14.4 Å². The molecule has 0 aromatic heterocycles. The van der Waals surface area contributed by atoms with E-state index in [4.69, 9.17) is 10.5 Å². The van der Waals surface area contributed by atoms with Crippen molar-refractivity contribution >= 4 is 22.7 Å². The van der Waals surface area contributed by atoms with E-state index in [1.807, 2.05) is 51.3 Å². The Bertz CT molecular complexity index is 1400. The second-order valence-electron chi connectivity index (χ2n) is 12.9. The van der Waals surface area contributed by atoms with Gasteiger partial charge in [-0.25, -0.2) is 9.78 Å². The third-order valence-corrected chi connectivity index (χ3v) is 7.49. The topological polar surface area (TPSA) is 157 Å². The number of H-pyrrole nitrogens is 1. The summed E-state index contributed by atoms with van der Waals surface area (Å²) in [6, 6.07) is 3.94. The van der Waals surface area contributed by atoms with Crippen molar-refractivity contribution in [3.8, 4) is 11.5 Å². The molecule has 0 fully saturated rings. The van der Waals surface area contributed by atoms with Crippen molar-refractivity contribution in [1.82, 2.24) is 24.8 Å². The monoisotopic (exact) mass is 641 g/mol. The van der Waals surface area contributed by atoms with Crippen LogP contribution in [0.4, 0.5) is 5.69 Å². The average Bonchev–Trinajstić information content (AvgIpc) is 2.98. The first kappa shape index (κ1) is 38.9. The molecule has 1 aromatic carbocycles. The van der Waals surface area contributed by atoms with E-state index < -0.39 is 16.9 Å². The molecule has 46 heavy (non-hydrogen) atoms. The molecular weight excluding hydrogens is 582 g/mol. The number of carbonyl (C=O) groups excluding carboxylic acids is 1. The molecular formula is C35H59N7O4. The third kappa shape index (κ3) is 14.0. The van der Waals surface area contributed by atoms with Gasteiger partial charge in [-0.05, 0) is 104 Å². The SMILES string of the molecule is CCCNCCCCCCCCN.CCNc1cc2c(cc1C)nc1c(=O)[nH]c(=O)nc-1n2CCCCCCC(=O)OC(C)(C)C. The van der Waals surface area contributed by atoms with Crippen LogP contribution in [0.1, 0.15) is 117 Å². The van der Waals surface area contributed by atoms with Crippen LogP contribution >= 0.6 is 0 Å². The van der Waals surface area contributed by atoms with Crippen LogP contribution in [0.25, 0.3) is 22.6 Å². The molecule has 0 saturated carbocycles. The molecule has 3 rings (SSSR count). The first-order chi connectivity index (χ1) is 22.0. The van der Waals surface area contributed by atoms with Crippen molar-refractivity contribution in [2.45, 2.75) is 131 Å². The Hall–Kier alpha value is -3.31. The molecule has 0 amide bonds. The number of hydrogen-bond acceptors (Lipinski definition) is 9. The standard InChI is InChI=1S/C24H33N5O4.C11H26N2/c1-6-25-16-14-18-17(13-15(16)2)26-20-21(27-23(32)28-22(20)31)29(18)12-10-8-7-9-11-19(30)33-24(3,4)5;1-2-10-13-11-8-6-4-3-5-7-9-12/h13-14,25H,6-12H2,1-5H3,(H,28,31,32);13H,2-12H2,1H3. The average molecular weight is 642 g/mol. The molecule has 2 aliphatic rings. The normalized spacial score (nSPS) is 11.5. The Morgan fingerprint density at radius 1 is 0.935 bits per heavy atom. The summed E-state index contributed by atoms with van der Waals surface area (Å²) in [6.07, 6.45) is 13.0. The van der Waals surface area contributed by atoms with Crippen molar-refractivity contribution < 1.29 is 9.53 Å². The first-order valence-electron chi connectivity index (χ1n) is 17.3. The second-order valence-corrected chi connectivity index (χ2v) is 12.9. The van der Waals surface area contributed by atoms with Gasteiger partial charge in [0.1, 0.15) is 5.60 Å². The van der Waals surface area contributed by atoms with Crippen LogP contribution in [0.2, 0.25) is 0 Å². The number of aromatic amines is 1. The molecule has 0 aliphatic carbocycles. The Kier molecular flexibility index (Phi) is 17.5. The van der Waals surface area contributed by atoms with E-state index >= 15 is 0 Å². The van der Waals surface area contributed by atoms with E-state index in [0.717, 1.165) is 55.5 Å². The van der Waals surface area contributed by atoms with E-state index in [0.29, 0.717) is 18.5 Å². The minimum atomic E-state index is -0.682. The number of nitrogens with zero attached hydrogens (tertiary/aromatic N) is 3. The molecule has 2 aliphatic heterocycles. The fourth-order valence-electron chi connectivity index (χ4n) is 5.24. The smallest absolute Gasteiger partial charge is 0.349 e. The van der Waals surface area contributed by atoms with Gasteiger partial charge in [-0.3, -0.25) is 14.6 Å². The number of unbranched alkanes of at least 4 members (excludes halogenated alkanes) is 8. The lowest BCUT2D eigenvalue weighted by Gasteiger charge is -2.19. The summed E-state index contributed by atoms with van der Waals surface area (Å²) in [6.45, 7) is 16.4. The maximum Gasteiger partial charge on any atom is 0.349 e. The lowest BCUT2D eigenvalue weighted by Crippen LogP contribution is -2.29. The van der Waals surface area contributed by atoms with Gasteiger partial charge < -0.3 is 25.7 Å². The van der Waals surface area contributed by atoms with Crippen LogP contribution in [-0.2, 0) is 16.1 Å². The lowest BCUT2D eigenvalue weighted by molar-refractivity contribution is -0.154. The van der Waals surface area contributed by atoms with Gasteiger partial charge in [-0.15, -0.1) is 0 Å². The Balaban J connectivity index is 0.000000479. The molecule has 0 atom stereocenters. The Labute approximate surface area is 274 Å². The lowest BCUT2D eigenvalue weighted by atomic mass is 10.1. The summed E-state index contributed by atoms with van der Waals surface area (Å²) >= 11 is 0. The van der Waals surface area contributed by atoms with Crippen LogP contribution in [0.3, 0.4) is 0 Å². The molecule has 0 saturated heterocycles. The number of ether oxygens (including phenoxy) is 1. The number of esters is 1. The molecule has 11 nitrogen and oxygen atoms in total. The van der Waals surface area contributed by atoms with Gasteiger partial charge in [0.25, 0.3) is 5.56 Å². The molecule has 0 bridgehead atoms. The van der Waals surface area contributed by atoms with Gasteiger partial charge in [0, 0.05) is 25.2 Å². The fraction of sp³-hybridized carbons (Fsp3) is 0.686. The van der Waals surface area contributed by atoms with Gasteiger partial charge in [-0.2, -0.15) is 4.98 Å². The quantitative estimate of drug-likeness (QED) is 0.0710. The number of aromatic nitrogens is 4. The fourth-order valence-corrected chi connectivity index (χ4v) is 5.24.